The molecule has 0 spiro atoms. The summed E-state index contributed by atoms with van der Waals surface area (Å²) in [5, 5.41) is 3.61. The standard InChI is InChI=1S/C24H20O4/c1-15-8-6-12-18-22(15)21(26-2)14-19(23(18)27-3)24(25)28-20-13-7-10-16-9-4-5-11-17(16)20/h4-14H,1-3H3. The molecule has 140 valence electrons. The second-order valence-corrected chi connectivity index (χ2v) is 6.52. The average molecular weight is 372 g/mol. The molecule has 0 aliphatic carbocycles. The smallest absolute Gasteiger partial charge is 0.347 e. The van der Waals surface area contributed by atoms with Crippen LogP contribution < -0.4 is 14.2 Å². The van der Waals surface area contributed by atoms with Crippen LogP contribution in [-0.2, 0) is 0 Å². The van der Waals surface area contributed by atoms with Crippen LogP contribution in [0.5, 0.6) is 17.2 Å². The van der Waals surface area contributed by atoms with Crippen molar-refractivity contribution in [3.8, 4) is 17.2 Å². The third-order valence-corrected chi connectivity index (χ3v) is 4.88. The first-order valence-corrected chi connectivity index (χ1v) is 8.98. The number of hydrogen-bond acceptors (Lipinski definition) is 4. The SMILES string of the molecule is COc1c(C(=O)Oc2cccc3ccccc23)cc(OC)c2c(C)cccc12. The molecule has 0 aliphatic rings. The lowest BCUT2D eigenvalue weighted by Gasteiger charge is -2.16. The summed E-state index contributed by atoms with van der Waals surface area (Å²) >= 11 is 0. The number of carbonyl (C=O) groups excluding carboxylic acids is 1. The van der Waals surface area contributed by atoms with Gasteiger partial charge in [-0.25, -0.2) is 4.79 Å². The molecule has 0 unspecified atom stereocenters. The van der Waals surface area contributed by atoms with E-state index in [4.69, 9.17) is 14.2 Å². The van der Waals surface area contributed by atoms with E-state index in [1.165, 1.54) is 0 Å². The van der Waals surface area contributed by atoms with Crippen molar-refractivity contribution in [2.45, 2.75) is 6.92 Å². The van der Waals surface area contributed by atoms with Crippen LogP contribution in [0.25, 0.3) is 21.5 Å². The summed E-state index contributed by atoms with van der Waals surface area (Å²) in [4.78, 5) is 13.1. The molecule has 0 heterocycles. The molecular formula is C24H20O4. The fraction of sp³-hybridized carbons (Fsp3) is 0.125. The molecule has 0 aromatic heterocycles. The molecular weight excluding hydrogens is 352 g/mol. The lowest BCUT2D eigenvalue weighted by molar-refractivity contribution is 0.0733. The van der Waals surface area contributed by atoms with Gasteiger partial charge in [-0.1, -0.05) is 54.6 Å². The Morgan fingerprint density at radius 3 is 2.29 bits per heavy atom. The minimum absolute atomic E-state index is 0.324. The number of rotatable bonds is 4. The zero-order chi connectivity index (χ0) is 19.7. The highest BCUT2D eigenvalue weighted by molar-refractivity contribution is 6.06. The fourth-order valence-corrected chi connectivity index (χ4v) is 3.57. The van der Waals surface area contributed by atoms with E-state index < -0.39 is 5.97 Å². The van der Waals surface area contributed by atoms with Gasteiger partial charge in [0, 0.05) is 16.2 Å². The van der Waals surface area contributed by atoms with Gasteiger partial charge in [0.25, 0.3) is 0 Å². The Labute approximate surface area is 163 Å². The van der Waals surface area contributed by atoms with Crippen LogP contribution >= 0.6 is 0 Å². The predicted octanol–water partition coefficient (Wildman–Crippen LogP) is 5.54. The van der Waals surface area contributed by atoms with Crippen molar-refractivity contribution in [1.82, 2.24) is 0 Å². The van der Waals surface area contributed by atoms with Crippen molar-refractivity contribution >= 4 is 27.5 Å². The van der Waals surface area contributed by atoms with Gasteiger partial charge >= 0.3 is 5.97 Å². The Hall–Kier alpha value is -3.53. The highest BCUT2D eigenvalue weighted by atomic mass is 16.5. The Balaban J connectivity index is 1.85. The Morgan fingerprint density at radius 2 is 1.50 bits per heavy atom. The summed E-state index contributed by atoms with van der Waals surface area (Å²) < 4.78 is 16.9. The van der Waals surface area contributed by atoms with Crippen molar-refractivity contribution in [2.24, 2.45) is 0 Å². The minimum Gasteiger partial charge on any atom is -0.496 e. The van der Waals surface area contributed by atoms with Gasteiger partial charge in [-0.3, -0.25) is 0 Å². The zero-order valence-corrected chi connectivity index (χ0v) is 16.0. The van der Waals surface area contributed by atoms with Crippen LogP contribution in [0.15, 0.2) is 66.7 Å². The normalized spacial score (nSPS) is 10.8. The van der Waals surface area contributed by atoms with Crippen molar-refractivity contribution in [1.29, 1.82) is 0 Å². The number of carbonyl (C=O) groups is 1. The second-order valence-electron chi connectivity index (χ2n) is 6.52. The number of hydrogen-bond donors (Lipinski definition) is 0. The van der Waals surface area contributed by atoms with Crippen LogP contribution in [0.1, 0.15) is 15.9 Å². The summed E-state index contributed by atoms with van der Waals surface area (Å²) in [5.41, 5.74) is 1.37. The zero-order valence-electron chi connectivity index (χ0n) is 16.0. The molecule has 0 bridgehead atoms. The number of benzene rings is 4. The van der Waals surface area contributed by atoms with E-state index in [1.807, 2.05) is 61.5 Å². The van der Waals surface area contributed by atoms with Crippen LogP contribution in [0.4, 0.5) is 0 Å². The maximum absolute atomic E-state index is 13.1. The van der Waals surface area contributed by atoms with E-state index in [1.54, 1.807) is 26.4 Å². The number of methoxy groups -OCH3 is 2. The molecule has 0 fully saturated rings. The lowest BCUT2D eigenvalue weighted by Crippen LogP contribution is -2.11. The van der Waals surface area contributed by atoms with Gasteiger partial charge in [-0.05, 0) is 30.0 Å². The molecule has 4 aromatic rings. The Morgan fingerprint density at radius 1 is 0.786 bits per heavy atom. The van der Waals surface area contributed by atoms with E-state index in [0.717, 1.165) is 27.1 Å². The highest BCUT2D eigenvalue weighted by Crippen LogP contribution is 2.39. The fourth-order valence-electron chi connectivity index (χ4n) is 3.57. The minimum atomic E-state index is -0.491. The van der Waals surface area contributed by atoms with Crippen LogP contribution in [0, 0.1) is 6.92 Å². The molecule has 0 N–H and O–H groups in total. The lowest BCUT2D eigenvalue weighted by atomic mass is 10.00. The average Bonchev–Trinajstić information content (AvgIpc) is 2.73. The summed E-state index contributed by atoms with van der Waals surface area (Å²) in [5.74, 6) is 1.10. The van der Waals surface area contributed by atoms with Crippen LogP contribution in [0.2, 0.25) is 0 Å². The molecule has 0 aliphatic heterocycles. The van der Waals surface area contributed by atoms with Crippen molar-refractivity contribution in [2.75, 3.05) is 14.2 Å². The van der Waals surface area contributed by atoms with Gasteiger partial charge in [-0.15, -0.1) is 0 Å². The van der Waals surface area contributed by atoms with Crippen molar-refractivity contribution < 1.29 is 19.0 Å². The Bertz CT molecular complexity index is 1190. The van der Waals surface area contributed by atoms with Crippen molar-refractivity contribution in [3.63, 3.8) is 0 Å². The number of ether oxygens (including phenoxy) is 3. The third kappa shape index (κ3) is 2.93. The van der Waals surface area contributed by atoms with E-state index in [9.17, 15) is 4.79 Å². The summed E-state index contributed by atoms with van der Waals surface area (Å²) in [7, 11) is 3.14. The maximum Gasteiger partial charge on any atom is 0.347 e. The molecule has 0 amide bonds. The van der Waals surface area contributed by atoms with Gasteiger partial charge in [0.1, 0.15) is 22.8 Å². The summed E-state index contributed by atoms with van der Waals surface area (Å²) in [6.07, 6.45) is 0. The monoisotopic (exact) mass is 372 g/mol. The first-order chi connectivity index (χ1) is 13.6. The van der Waals surface area contributed by atoms with E-state index in [0.29, 0.717) is 22.8 Å². The van der Waals surface area contributed by atoms with E-state index in [2.05, 4.69) is 0 Å². The number of esters is 1. The van der Waals surface area contributed by atoms with Crippen LogP contribution in [-0.4, -0.2) is 20.2 Å². The van der Waals surface area contributed by atoms with E-state index >= 15 is 0 Å². The molecule has 4 aromatic carbocycles. The van der Waals surface area contributed by atoms with Gasteiger partial charge < -0.3 is 14.2 Å². The molecule has 0 radical (unpaired) electrons. The first kappa shape index (κ1) is 17.9. The topological polar surface area (TPSA) is 44.8 Å². The molecule has 28 heavy (non-hydrogen) atoms. The third-order valence-electron chi connectivity index (χ3n) is 4.88. The van der Waals surface area contributed by atoms with Gasteiger partial charge in [0.2, 0.25) is 0 Å². The second kappa shape index (κ2) is 7.24. The predicted molar refractivity (Wildman–Crippen MR) is 111 cm³/mol. The summed E-state index contributed by atoms with van der Waals surface area (Å²) in [6.45, 7) is 2.00. The van der Waals surface area contributed by atoms with Gasteiger partial charge in [-0.2, -0.15) is 0 Å². The number of aryl methyl sites for hydroxylation is 1. The maximum atomic E-state index is 13.1. The molecule has 4 rings (SSSR count). The quantitative estimate of drug-likeness (QED) is 0.349. The first-order valence-electron chi connectivity index (χ1n) is 8.98. The molecule has 4 heteroatoms. The molecule has 4 nitrogen and oxygen atoms in total. The van der Waals surface area contributed by atoms with E-state index in [-0.39, 0.29) is 0 Å². The highest BCUT2D eigenvalue weighted by Gasteiger charge is 2.22. The Kier molecular flexibility index (Phi) is 4.62. The molecule has 0 atom stereocenters. The van der Waals surface area contributed by atoms with Gasteiger partial charge in [0.05, 0.1) is 14.2 Å². The van der Waals surface area contributed by atoms with Crippen molar-refractivity contribution in [3.05, 3.63) is 77.9 Å². The van der Waals surface area contributed by atoms with Gasteiger partial charge in [0.15, 0.2) is 0 Å². The molecule has 0 saturated heterocycles. The number of fused-ring (bicyclic) bond motifs is 2. The molecule has 0 saturated carbocycles. The summed E-state index contributed by atoms with van der Waals surface area (Å²) in [6, 6.07) is 20.9. The largest absolute Gasteiger partial charge is 0.496 e. The van der Waals surface area contributed by atoms with Crippen LogP contribution in [0.3, 0.4) is 0 Å².